The molecule has 4 aromatic rings. The van der Waals surface area contributed by atoms with Gasteiger partial charge in [0.15, 0.2) is 0 Å². The van der Waals surface area contributed by atoms with Gasteiger partial charge in [0.2, 0.25) is 0 Å². The summed E-state index contributed by atoms with van der Waals surface area (Å²) in [6.07, 6.45) is -1.35. The Morgan fingerprint density at radius 3 is 2.48 bits per heavy atom. The summed E-state index contributed by atoms with van der Waals surface area (Å²) in [7, 11) is 0. The fourth-order valence-electron chi connectivity index (χ4n) is 3.55. The quantitative estimate of drug-likeness (QED) is 0.353. The van der Waals surface area contributed by atoms with E-state index in [-0.39, 0.29) is 17.2 Å². The zero-order chi connectivity index (χ0) is 22.2. The van der Waals surface area contributed by atoms with Gasteiger partial charge < -0.3 is 5.11 Å². The van der Waals surface area contributed by atoms with Crippen molar-refractivity contribution in [1.29, 1.82) is 0 Å². The molecule has 1 unspecified atom stereocenters. The van der Waals surface area contributed by atoms with Crippen molar-refractivity contribution in [2.24, 2.45) is 0 Å². The summed E-state index contributed by atoms with van der Waals surface area (Å²) >= 11 is 11.7. The van der Waals surface area contributed by atoms with E-state index < -0.39 is 17.7 Å². The number of alkyl halides is 3. The van der Waals surface area contributed by atoms with Crippen molar-refractivity contribution >= 4 is 34.1 Å². The summed E-state index contributed by atoms with van der Waals surface area (Å²) in [5.41, 5.74) is 0.842. The average Bonchev–Trinajstić information content (AvgIpc) is 2.74. The van der Waals surface area contributed by atoms with E-state index in [1.165, 1.54) is 18.3 Å². The van der Waals surface area contributed by atoms with Crippen LogP contribution in [-0.2, 0) is 12.6 Å². The molecule has 0 aliphatic heterocycles. The van der Waals surface area contributed by atoms with Gasteiger partial charge in [-0.05, 0) is 35.9 Å². The molecule has 31 heavy (non-hydrogen) atoms. The van der Waals surface area contributed by atoms with Gasteiger partial charge in [-0.3, -0.25) is 9.97 Å². The van der Waals surface area contributed by atoms with Gasteiger partial charge in [-0.25, -0.2) is 0 Å². The predicted molar refractivity (Wildman–Crippen MR) is 115 cm³/mol. The lowest BCUT2D eigenvalue weighted by molar-refractivity contribution is -0.137. The first-order valence-electron chi connectivity index (χ1n) is 9.27. The van der Waals surface area contributed by atoms with Crippen LogP contribution in [0, 0.1) is 0 Å². The van der Waals surface area contributed by atoms with Crippen molar-refractivity contribution in [3.05, 3.63) is 99.4 Å². The van der Waals surface area contributed by atoms with E-state index in [1.807, 2.05) is 0 Å². The molecule has 0 saturated heterocycles. The molecule has 0 bridgehead atoms. The number of halogens is 5. The number of benzene rings is 2. The average molecular weight is 463 g/mol. The Morgan fingerprint density at radius 1 is 0.968 bits per heavy atom. The normalized spacial score (nSPS) is 12.8. The molecule has 2 heterocycles. The number of fused-ring (bicyclic) bond motifs is 1. The second-order valence-electron chi connectivity index (χ2n) is 7.04. The van der Waals surface area contributed by atoms with Crippen molar-refractivity contribution < 1.29 is 18.3 Å². The van der Waals surface area contributed by atoms with Crippen LogP contribution in [0.1, 0.15) is 28.3 Å². The molecular weight excluding hydrogens is 448 g/mol. The first-order chi connectivity index (χ1) is 14.7. The second kappa shape index (κ2) is 8.36. The van der Waals surface area contributed by atoms with Gasteiger partial charge in [0.25, 0.3) is 0 Å². The minimum Gasteiger partial charge on any atom is -0.505 e. The number of phenols is 1. The highest BCUT2D eigenvalue weighted by molar-refractivity contribution is 6.31. The number of nitrogens with zero attached hydrogens (tertiary/aromatic N) is 2. The summed E-state index contributed by atoms with van der Waals surface area (Å²) in [6.45, 7) is 0. The van der Waals surface area contributed by atoms with E-state index in [0.717, 1.165) is 11.5 Å². The Morgan fingerprint density at radius 2 is 1.77 bits per heavy atom. The van der Waals surface area contributed by atoms with E-state index in [9.17, 15) is 18.3 Å². The molecule has 0 spiro atoms. The van der Waals surface area contributed by atoms with Crippen LogP contribution in [-0.4, -0.2) is 15.1 Å². The molecule has 8 heteroatoms. The van der Waals surface area contributed by atoms with E-state index in [0.29, 0.717) is 27.4 Å². The highest BCUT2D eigenvalue weighted by Gasteiger charge is 2.34. The van der Waals surface area contributed by atoms with Crippen LogP contribution in [0.4, 0.5) is 13.2 Å². The predicted octanol–water partition coefficient (Wildman–Crippen LogP) is 7.04. The Bertz CT molecular complexity index is 1240. The van der Waals surface area contributed by atoms with Crippen molar-refractivity contribution in [2.75, 3.05) is 0 Å². The van der Waals surface area contributed by atoms with E-state index in [4.69, 9.17) is 23.2 Å². The minimum atomic E-state index is -4.61. The van der Waals surface area contributed by atoms with Crippen LogP contribution in [0.2, 0.25) is 10.0 Å². The molecule has 0 fully saturated rings. The molecule has 4 rings (SSSR count). The van der Waals surface area contributed by atoms with Gasteiger partial charge >= 0.3 is 6.18 Å². The van der Waals surface area contributed by atoms with Gasteiger partial charge in [-0.2, -0.15) is 13.2 Å². The molecule has 0 amide bonds. The molecule has 2 aromatic carbocycles. The van der Waals surface area contributed by atoms with Crippen LogP contribution in [0.5, 0.6) is 5.75 Å². The zero-order valence-electron chi connectivity index (χ0n) is 15.9. The molecule has 0 aliphatic rings. The maximum absolute atomic E-state index is 13.5. The maximum Gasteiger partial charge on any atom is 0.417 e. The van der Waals surface area contributed by atoms with Crippen molar-refractivity contribution in [1.82, 2.24) is 9.97 Å². The van der Waals surface area contributed by atoms with Crippen LogP contribution in [0.25, 0.3) is 10.9 Å². The fraction of sp³-hybridized carbons (Fsp3) is 0.130. The fourth-order valence-corrected chi connectivity index (χ4v) is 3.88. The minimum absolute atomic E-state index is 0.0828. The number of hydrogen-bond acceptors (Lipinski definition) is 3. The third-order valence-electron chi connectivity index (χ3n) is 5.05. The van der Waals surface area contributed by atoms with Crippen LogP contribution >= 0.6 is 23.2 Å². The molecule has 3 nitrogen and oxygen atoms in total. The summed E-state index contributed by atoms with van der Waals surface area (Å²) in [5.74, 6) is -0.709. The first-order valence-corrected chi connectivity index (χ1v) is 10.0. The highest BCUT2D eigenvalue weighted by Crippen LogP contribution is 2.41. The first kappa shape index (κ1) is 21.4. The second-order valence-corrected chi connectivity index (χ2v) is 7.88. The number of pyridine rings is 2. The Kier molecular flexibility index (Phi) is 5.77. The lowest BCUT2D eigenvalue weighted by Gasteiger charge is -2.21. The SMILES string of the molecule is Oc1c(C(Cc2ccc(Cl)cn2)c2ccc(Cl)c(C(F)(F)F)c2)ccc2cccnc12. The smallest absolute Gasteiger partial charge is 0.417 e. The summed E-state index contributed by atoms with van der Waals surface area (Å²) in [4.78, 5) is 8.50. The van der Waals surface area contributed by atoms with E-state index in [2.05, 4.69) is 9.97 Å². The third kappa shape index (κ3) is 4.45. The van der Waals surface area contributed by atoms with E-state index in [1.54, 1.807) is 42.6 Å². The Hall–Kier alpha value is -2.83. The van der Waals surface area contributed by atoms with Crippen LogP contribution in [0.15, 0.2) is 67.0 Å². The molecule has 0 saturated carbocycles. The molecule has 1 N–H and O–H groups in total. The van der Waals surface area contributed by atoms with Gasteiger partial charge in [0.05, 0.1) is 15.6 Å². The number of aromatic hydroxyl groups is 1. The molecule has 0 aliphatic carbocycles. The number of hydrogen-bond donors (Lipinski definition) is 1. The molecule has 0 radical (unpaired) electrons. The molecule has 158 valence electrons. The summed E-state index contributed by atoms with van der Waals surface area (Å²) in [6, 6.07) is 14.1. The number of phenolic OH excluding ortho intramolecular Hbond substituents is 1. The Balaban J connectivity index is 1.88. The van der Waals surface area contributed by atoms with Crippen LogP contribution < -0.4 is 0 Å². The summed E-state index contributed by atoms with van der Waals surface area (Å²) < 4.78 is 40.4. The number of aromatic nitrogens is 2. The molecular formula is C23H15Cl2F3N2O. The van der Waals surface area contributed by atoms with Gasteiger partial charge in [-0.1, -0.05) is 47.5 Å². The monoisotopic (exact) mass is 462 g/mol. The van der Waals surface area contributed by atoms with Gasteiger partial charge in [0, 0.05) is 41.4 Å². The topological polar surface area (TPSA) is 46.0 Å². The Labute approximate surface area is 186 Å². The third-order valence-corrected chi connectivity index (χ3v) is 5.61. The molecule has 2 aromatic heterocycles. The van der Waals surface area contributed by atoms with E-state index >= 15 is 0 Å². The van der Waals surface area contributed by atoms with Crippen molar-refractivity contribution in [3.63, 3.8) is 0 Å². The number of rotatable bonds is 4. The van der Waals surface area contributed by atoms with Gasteiger partial charge in [-0.15, -0.1) is 0 Å². The largest absolute Gasteiger partial charge is 0.505 e. The van der Waals surface area contributed by atoms with Crippen molar-refractivity contribution in [3.8, 4) is 5.75 Å². The highest BCUT2D eigenvalue weighted by atomic mass is 35.5. The zero-order valence-corrected chi connectivity index (χ0v) is 17.4. The lowest BCUT2D eigenvalue weighted by atomic mass is 9.85. The van der Waals surface area contributed by atoms with Gasteiger partial charge in [0.1, 0.15) is 11.3 Å². The molecule has 1 atom stereocenters. The maximum atomic E-state index is 13.5. The van der Waals surface area contributed by atoms with Crippen molar-refractivity contribution in [2.45, 2.75) is 18.5 Å². The van der Waals surface area contributed by atoms with Crippen LogP contribution in [0.3, 0.4) is 0 Å². The standard InChI is InChI=1S/C23H15Cl2F3N2O/c24-15-5-6-16(30-12-15)11-18(14-4-8-20(25)19(10-14)23(26,27)28)17-7-3-13-2-1-9-29-21(13)22(17)31/h1-10,12,18,31H,11H2. The lowest BCUT2D eigenvalue weighted by Crippen LogP contribution is -2.11. The summed E-state index contributed by atoms with van der Waals surface area (Å²) in [5, 5.41) is 11.7.